The van der Waals surface area contributed by atoms with E-state index in [1.807, 2.05) is 30.5 Å². The highest BCUT2D eigenvalue weighted by Gasteiger charge is 2.51. The molecule has 244 valence electrons. The molecule has 1 atom stereocenters. The maximum absolute atomic E-state index is 7.12. The summed E-state index contributed by atoms with van der Waals surface area (Å²) in [6, 6.07) is 62.0. The smallest absolute Gasteiger partial charge is 0.140 e. The summed E-state index contributed by atoms with van der Waals surface area (Å²) >= 11 is 0. The summed E-state index contributed by atoms with van der Waals surface area (Å²) < 4.78 is 16.3. The van der Waals surface area contributed by atoms with Crippen LogP contribution in [0.5, 0.6) is 23.0 Å². The molecule has 4 heterocycles. The van der Waals surface area contributed by atoms with Gasteiger partial charge in [0.1, 0.15) is 23.0 Å². The molecule has 4 nitrogen and oxygen atoms in total. The van der Waals surface area contributed by atoms with Gasteiger partial charge in [0.25, 0.3) is 0 Å². The lowest BCUT2D eigenvalue weighted by Crippen LogP contribution is -2.37. The Balaban J connectivity index is 1.24. The van der Waals surface area contributed by atoms with E-state index in [2.05, 4.69) is 161 Å². The predicted molar refractivity (Wildman–Crippen MR) is 208 cm³/mol. The van der Waals surface area contributed by atoms with Crippen molar-refractivity contribution in [2.24, 2.45) is 0 Å². The average molecular weight is 667 g/mol. The topological polar surface area (TPSA) is 36.3 Å². The third-order valence-corrected chi connectivity index (χ3v) is 10.8. The van der Waals surface area contributed by atoms with Crippen LogP contribution in [-0.2, 0) is 5.41 Å². The van der Waals surface area contributed by atoms with Crippen LogP contribution in [0.25, 0.3) is 49.9 Å². The molecule has 2 aliphatic heterocycles. The van der Waals surface area contributed by atoms with E-state index in [-0.39, 0.29) is 0 Å². The molecule has 11 rings (SSSR count). The number of aromatic nitrogens is 2. The Morgan fingerprint density at radius 3 is 1.94 bits per heavy atom. The Bertz CT molecular complexity index is 2850. The fraction of sp³-hybridized carbons (Fsp3) is 0.0208. The summed E-state index contributed by atoms with van der Waals surface area (Å²) in [5.41, 5.74) is 11.1. The minimum Gasteiger partial charge on any atom is -0.457 e. The highest BCUT2D eigenvalue weighted by Crippen LogP contribution is 2.63. The van der Waals surface area contributed by atoms with Gasteiger partial charge in [0.2, 0.25) is 0 Å². The van der Waals surface area contributed by atoms with E-state index in [0.717, 1.165) is 78.8 Å². The molecule has 4 heteroatoms. The molecular weight excluding hydrogens is 637 g/mol. The second kappa shape index (κ2) is 11.0. The number of hydrogen-bond acceptors (Lipinski definition) is 3. The molecule has 0 amide bonds. The second-order valence-corrected chi connectivity index (χ2v) is 13.4. The summed E-state index contributed by atoms with van der Waals surface area (Å²) in [6.45, 7) is 0. The van der Waals surface area contributed by atoms with Crippen LogP contribution in [0.4, 0.5) is 0 Å². The second-order valence-electron chi connectivity index (χ2n) is 13.4. The van der Waals surface area contributed by atoms with E-state index in [1.165, 1.54) is 16.3 Å². The Kier molecular flexibility index (Phi) is 6.13. The summed E-state index contributed by atoms with van der Waals surface area (Å²) in [6.07, 6.45) is 1.83. The number of nitrogens with zero attached hydrogens (tertiary/aromatic N) is 2. The minimum absolute atomic E-state index is 0.715. The molecule has 0 N–H and O–H groups in total. The van der Waals surface area contributed by atoms with Gasteiger partial charge in [0.05, 0.1) is 22.1 Å². The first-order chi connectivity index (χ1) is 25.8. The largest absolute Gasteiger partial charge is 0.457 e. The van der Waals surface area contributed by atoms with Gasteiger partial charge in [-0.1, -0.05) is 127 Å². The van der Waals surface area contributed by atoms with E-state index < -0.39 is 5.41 Å². The molecule has 1 spiro atoms. The molecule has 0 radical (unpaired) electrons. The number of ether oxygens (including phenoxy) is 2. The highest BCUT2D eigenvalue weighted by atomic mass is 16.5. The normalized spacial score (nSPS) is 15.3. The number of fused-ring (bicyclic) bond motifs is 11. The molecular formula is C48H30N2O2. The molecule has 0 aliphatic carbocycles. The molecule has 0 saturated carbocycles. The van der Waals surface area contributed by atoms with Crippen LogP contribution >= 0.6 is 0 Å². The van der Waals surface area contributed by atoms with Gasteiger partial charge in [-0.3, -0.25) is 4.98 Å². The van der Waals surface area contributed by atoms with Crippen LogP contribution in [0.3, 0.4) is 0 Å². The fourth-order valence-electron chi connectivity index (χ4n) is 8.67. The van der Waals surface area contributed by atoms with Crippen molar-refractivity contribution >= 4 is 21.8 Å². The van der Waals surface area contributed by atoms with Crippen molar-refractivity contribution in [3.63, 3.8) is 0 Å². The molecule has 7 aromatic carbocycles. The van der Waals surface area contributed by atoms with Crippen molar-refractivity contribution in [1.29, 1.82) is 0 Å². The number of benzene rings is 7. The van der Waals surface area contributed by atoms with Crippen molar-refractivity contribution in [3.8, 4) is 51.1 Å². The first-order valence-corrected chi connectivity index (χ1v) is 17.6. The maximum atomic E-state index is 7.12. The molecule has 0 fully saturated rings. The van der Waals surface area contributed by atoms with Crippen LogP contribution in [-0.4, -0.2) is 9.55 Å². The quantitative estimate of drug-likeness (QED) is 0.188. The molecule has 1 unspecified atom stereocenters. The first-order valence-electron chi connectivity index (χ1n) is 17.6. The third-order valence-electron chi connectivity index (χ3n) is 10.8. The summed E-state index contributed by atoms with van der Waals surface area (Å²) in [7, 11) is 0. The van der Waals surface area contributed by atoms with Gasteiger partial charge in [-0.05, 0) is 48.5 Å². The number of hydrogen-bond donors (Lipinski definition) is 0. The standard InChI is InChI=1S/C48H30N2O2/c1-2-14-32(15-3-1)50-42-24-7-4-16-33(42)34-17-12-18-35(46(34)50)36-19-13-22-40-47(36)52-44-26-9-6-21-38(44)48(40)37-20-5-8-25-43(37)51-45-30-31(27-28-39(45)48)41-23-10-11-29-49-41/h1-30H. The average Bonchev–Trinajstić information content (AvgIpc) is 3.56. The fourth-order valence-corrected chi connectivity index (χ4v) is 8.67. The van der Waals surface area contributed by atoms with Gasteiger partial charge in [-0.25, -0.2) is 0 Å². The summed E-state index contributed by atoms with van der Waals surface area (Å²) in [4.78, 5) is 4.66. The van der Waals surface area contributed by atoms with E-state index >= 15 is 0 Å². The lowest BCUT2D eigenvalue weighted by atomic mass is 9.62. The Morgan fingerprint density at radius 1 is 0.462 bits per heavy atom. The molecule has 9 aromatic rings. The van der Waals surface area contributed by atoms with Crippen LogP contribution in [0.2, 0.25) is 0 Å². The zero-order valence-corrected chi connectivity index (χ0v) is 28.0. The van der Waals surface area contributed by atoms with Gasteiger partial charge < -0.3 is 14.0 Å². The number of pyridine rings is 1. The van der Waals surface area contributed by atoms with Crippen molar-refractivity contribution < 1.29 is 9.47 Å². The van der Waals surface area contributed by atoms with Gasteiger partial charge in [0.15, 0.2) is 0 Å². The van der Waals surface area contributed by atoms with Crippen molar-refractivity contribution in [3.05, 3.63) is 204 Å². The molecule has 0 saturated heterocycles. The first kappa shape index (κ1) is 28.9. The van der Waals surface area contributed by atoms with Crippen LogP contribution in [0.15, 0.2) is 182 Å². The van der Waals surface area contributed by atoms with Crippen LogP contribution in [0, 0.1) is 0 Å². The van der Waals surface area contributed by atoms with Crippen molar-refractivity contribution in [2.45, 2.75) is 5.41 Å². The van der Waals surface area contributed by atoms with Gasteiger partial charge in [0, 0.05) is 61.6 Å². The third kappa shape index (κ3) is 3.95. The number of rotatable bonds is 3. The van der Waals surface area contributed by atoms with E-state index in [9.17, 15) is 0 Å². The molecule has 2 aromatic heterocycles. The van der Waals surface area contributed by atoms with Crippen molar-refractivity contribution in [2.75, 3.05) is 0 Å². The monoisotopic (exact) mass is 666 g/mol. The Labute approximate surface area is 300 Å². The zero-order valence-electron chi connectivity index (χ0n) is 28.0. The maximum Gasteiger partial charge on any atom is 0.140 e. The predicted octanol–water partition coefficient (Wildman–Crippen LogP) is 12.1. The van der Waals surface area contributed by atoms with Gasteiger partial charge >= 0.3 is 0 Å². The van der Waals surface area contributed by atoms with E-state index in [4.69, 9.17) is 9.47 Å². The number of para-hydroxylation sites is 6. The molecule has 2 aliphatic rings. The van der Waals surface area contributed by atoms with Crippen LogP contribution in [0.1, 0.15) is 22.3 Å². The van der Waals surface area contributed by atoms with E-state index in [0.29, 0.717) is 0 Å². The SMILES string of the molecule is c1ccc(-n2c3ccccc3c3cccc(-c4cccc5c4Oc4ccccc4C54c5ccccc5Oc5cc(-c6ccccn6)ccc54)c32)cc1. The Hall–Kier alpha value is -6.91. The summed E-state index contributed by atoms with van der Waals surface area (Å²) in [5, 5.41) is 2.41. The minimum atomic E-state index is -0.715. The van der Waals surface area contributed by atoms with Gasteiger partial charge in [-0.15, -0.1) is 0 Å². The lowest BCUT2D eigenvalue weighted by Gasteiger charge is -2.45. The molecule has 0 bridgehead atoms. The van der Waals surface area contributed by atoms with Crippen LogP contribution < -0.4 is 9.47 Å². The molecule has 52 heavy (non-hydrogen) atoms. The van der Waals surface area contributed by atoms with Gasteiger partial charge in [-0.2, -0.15) is 0 Å². The summed E-state index contributed by atoms with van der Waals surface area (Å²) in [5.74, 6) is 3.30. The zero-order chi connectivity index (χ0) is 34.2. The Morgan fingerprint density at radius 2 is 1.12 bits per heavy atom. The highest BCUT2D eigenvalue weighted by molar-refractivity contribution is 6.14. The van der Waals surface area contributed by atoms with E-state index in [1.54, 1.807) is 0 Å². The van der Waals surface area contributed by atoms with Crippen molar-refractivity contribution in [1.82, 2.24) is 9.55 Å². The lowest BCUT2D eigenvalue weighted by molar-refractivity contribution is 0.400.